The molecule has 0 aliphatic heterocycles. The molecular formula is C18H17N3O4. The Labute approximate surface area is 144 Å². The van der Waals surface area contributed by atoms with Crippen molar-refractivity contribution in [1.82, 2.24) is 10.7 Å². The summed E-state index contributed by atoms with van der Waals surface area (Å²) in [7, 11) is 0. The van der Waals surface area contributed by atoms with Crippen LogP contribution in [0.2, 0.25) is 0 Å². The number of carbonyl (C=O) groups excluding carboxylic acids is 2. The molecule has 0 aliphatic rings. The molecular weight excluding hydrogens is 322 g/mol. The van der Waals surface area contributed by atoms with E-state index in [1.165, 1.54) is 30.5 Å². The minimum Gasteiger partial charge on any atom is -0.478 e. The molecule has 0 saturated carbocycles. The van der Waals surface area contributed by atoms with E-state index in [0.29, 0.717) is 5.56 Å². The van der Waals surface area contributed by atoms with Gasteiger partial charge in [-0.15, -0.1) is 0 Å². The summed E-state index contributed by atoms with van der Waals surface area (Å²) in [5, 5.41) is 15.1. The highest BCUT2D eigenvalue weighted by Gasteiger charge is 2.16. The standard InChI is InChI=1S/C18H17N3O4/c1-12(14-5-3-2-4-6-14)20-16(22)17(23)21-19-11-13-7-9-15(10-8-13)18(24)25/h2-12H,1H3,(H,20,22)(H,21,23)(H,24,25)/b19-11-/t12-/m0/s1. The number of nitrogens with zero attached hydrogens (tertiary/aromatic N) is 1. The van der Waals surface area contributed by atoms with E-state index in [0.717, 1.165) is 5.56 Å². The molecule has 0 aromatic heterocycles. The van der Waals surface area contributed by atoms with Gasteiger partial charge in [0.25, 0.3) is 0 Å². The fourth-order valence-electron chi connectivity index (χ4n) is 2.02. The Hall–Kier alpha value is -3.48. The fraction of sp³-hybridized carbons (Fsp3) is 0.111. The van der Waals surface area contributed by atoms with Crippen LogP contribution in [0.15, 0.2) is 59.7 Å². The summed E-state index contributed by atoms with van der Waals surface area (Å²) in [6.45, 7) is 1.77. The van der Waals surface area contributed by atoms with Gasteiger partial charge in [0.15, 0.2) is 0 Å². The number of hydrogen-bond donors (Lipinski definition) is 3. The first-order chi connectivity index (χ1) is 12.0. The highest BCUT2D eigenvalue weighted by Crippen LogP contribution is 2.10. The van der Waals surface area contributed by atoms with Crippen LogP contribution in [-0.2, 0) is 9.59 Å². The third kappa shape index (κ3) is 5.28. The Bertz CT molecular complexity index is 786. The topological polar surface area (TPSA) is 108 Å². The van der Waals surface area contributed by atoms with E-state index in [4.69, 9.17) is 5.11 Å². The van der Waals surface area contributed by atoms with Crippen molar-refractivity contribution < 1.29 is 19.5 Å². The minimum atomic E-state index is -1.03. The molecule has 3 N–H and O–H groups in total. The second-order valence-corrected chi connectivity index (χ2v) is 5.23. The summed E-state index contributed by atoms with van der Waals surface area (Å²) in [5.74, 6) is -2.71. The lowest BCUT2D eigenvalue weighted by Crippen LogP contribution is -2.39. The minimum absolute atomic E-state index is 0.149. The van der Waals surface area contributed by atoms with E-state index in [2.05, 4.69) is 15.8 Å². The van der Waals surface area contributed by atoms with Crippen LogP contribution in [0.1, 0.15) is 34.5 Å². The molecule has 0 heterocycles. The second kappa shape index (κ2) is 8.39. The Balaban J connectivity index is 1.86. The lowest BCUT2D eigenvalue weighted by Gasteiger charge is -2.13. The van der Waals surface area contributed by atoms with E-state index < -0.39 is 17.8 Å². The summed E-state index contributed by atoms with van der Waals surface area (Å²) in [4.78, 5) is 34.3. The van der Waals surface area contributed by atoms with Gasteiger partial charge < -0.3 is 10.4 Å². The molecule has 0 bridgehead atoms. The Morgan fingerprint density at radius 2 is 1.64 bits per heavy atom. The highest BCUT2D eigenvalue weighted by atomic mass is 16.4. The van der Waals surface area contributed by atoms with Crippen LogP contribution in [0.3, 0.4) is 0 Å². The molecule has 0 saturated heterocycles. The van der Waals surface area contributed by atoms with E-state index in [1.807, 2.05) is 30.3 Å². The predicted molar refractivity (Wildman–Crippen MR) is 92.1 cm³/mol. The maximum absolute atomic E-state index is 11.8. The molecule has 128 valence electrons. The first kappa shape index (κ1) is 17.9. The highest BCUT2D eigenvalue weighted by molar-refractivity contribution is 6.35. The Morgan fingerprint density at radius 3 is 2.24 bits per heavy atom. The van der Waals surface area contributed by atoms with Crippen molar-refractivity contribution in [3.8, 4) is 0 Å². The van der Waals surface area contributed by atoms with E-state index in [9.17, 15) is 14.4 Å². The van der Waals surface area contributed by atoms with Crippen LogP contribution >= 0.6 is 0 Å². The lowest BCUT2D eigenvalue weighted by atomic mass is 10.1. The predicted octanol–water partition coefficient (Wildman–Crippen LogP) is 1.71. The summed E-state index contributed by atoms with van der Waals surface area (Å²) < 4.78 is 0. The van der Waals surface area contributed by atoms with Crippen molar-refractivity contribution in [2.75, 3.05) is 0 Å². The maximum Gasteiger partial charge on any atom is 0.335 e. The van der Waals surface area contributed by atoms with Gasteiger partial charge in [-0.3, -0.25) is 9.59 Å². The number of amides is 2. The van der Waals surface area contributed by atoms with E-state index in [1.54, 1.807) is 6.92 Å². The van der Waals surface area contributed by atoms with Gasteiger partial charge in [-0.25, -0.2) is 10.2 Å². The van der Waals surface area contributed by atoms with Crippen molar-refractivity contribution in [2.45, 2.75) is 13.0 Å². The van der Waals surface area contributed by atoms with Crippen LogP contribution in [-0.4, -0.2) is 29.1 Å². The van der Waals surface area contributed by atoms with Crippen LogP contribution in [0, 0.1) is 0 Å². The van der Waals surface area contributed by atoms with Crippen LogP contribution < -0.4 is 10.7 Å². The van der Waals surface area contributed by atoms with Gasteiger partial charge in [-0.1, -0.05) is 42.5 Å². The first-order valence-electron chi connectivity index (χ1n) is 7.49. The number of rotatable bonds is 5. The molecule has 0 unspecified atom stereocenters. The van der Waals surface area contributed by atoms with Gasteiger partial charge in [0.1, 0.15) is 0 Å². The number of hydrazone groups is 1. The quantitative estimate of drug-likeness (QED) is 0.438. The van der Waals surface area contributed by atoms with Crippen LogP contribution in [0.5, 0.6) is 0 Å². The maximum atomic E-state index is 11.8. The van der Waals surface area contributed by atoms with E-state index in [-0.39, 0.29) is 11.6 Å². The number of carboxylic acid groups (broad SMARTS) is 1. The van der Waals surface area contributed by atoms with Gasteiger partial charge >= 0.3 is 17.8 Å². The monoisotopic (exact) mass is 339 g/mol. The summed E-state index contributed by atoms with van der Waals surface area (Å²) in [5.41, 5.74) is 3.74. The Kier molecular flexibility index (Phi) is 6.00. The number of carbonyl (C=O) groups is 3. The van der Waals surface area contributed by atoms with Crippen molar-refractivity contribution in [3.63, 3.8) is 0 Å². The zero-order valence-electron chi connectivity index (χ0n) is 13.5. The van der Waals surface area contributed by atoms with Gasteiger partial charge in [0, 0.05) is 0 Å². The third-order valence-electron chi connectivity index (χ3n) is 3.39. The molecule has 0 radical (unpaired) electrons. The van der Waals surface area contributed by atoms with Gasteiger partial charge in [-0.2, -0.15) is 5.10 Å². The summed E-state index contributed by atoms with van der Waals surface area (Å²) in [6.07, 6.45) is 1.32. The third-order valence-corrected chi connectivity index (χ3v) is 3.39. The average Bonchev–Trinajstić information content (AvgIpc) is 2.62. The number of nitrogens with one attached hydrogen (secondary N) is 2. The zero-order chi connectivity index (χ0) is 18.2. The number of hydrogen-bond acceptors (Lipinski definition) is 4. The SMILES string of the molecule is C[C@H](NC(=O)C(=O)N/N=C\c1ccc(C(=O)O)cc1)c1ccccc1. The molecule has 0 aliphatic carbocycles. The van der Waals surface area contributed by atoms with Gasteiger partial charge in [0.2, 0.25) is 0 Å². The van der Waals surface area contributed by atoms with E-state index >= 15 is 0 Å². The molecule has 25 heavy (non-hydrogen) atoms. The number of carboxylic acids is 1. The van der Waals surface area contributed by atoms with Crippen molar-refractivity contribution in [1.29, 1.82) is 0 Å². The zero-order valence-corrected chi connectivity index (χ0v) is 13.5. The van der Waals surface area contributed by atoms with Crippen molar-refractivity contribution in [2.24, 2.45) is 5.10 Å². The Morgan fingerprint density at radius 1 is 1.00 bits per heavy atom. The number of aromatic carboxylic acids is 1. The first-order valence-corrected chi connectivity index (χ1v) is 7.49. The number of benzene rings is 2. The molecule has 2 amide bonds. The fourth-order valence-corrected chi connectivity index (χ4v) is 2.02. The molecule has 0 fully saturated rings. The summed E-state index contributed by atoms with van der Waals surface area (Å²) >= 11 is 0. The lowest BCUT2D eigenvalue weighted by molar-refractivity contribution is -0.139. The normalized spacial score (nSPS) is 11.7. The van der Waals surface area contributed by atoms with Crippen molar-refractivity contribution in [3.05, 3.63) is 71.3 Å². The molecule has 7 nitrogen and oxygen atoms in total. The smallest absolute Gasteiger partial charge is 0.335 e. The summed E-state index contributed by atoms with van der Waals surface area (Å²) in [6, 6.07) is 14.8. The molecule has 0 spiro atoms. The van der Waals surface area contributed by atoms with Gasteiger partial charge in [0.05, 0.1) is 17.8 Å². The van der Waals surface area contributed by atoms with Crippen LogP contribution in [0.4, 0.5) is 0 Å². The van der Waals surface area contributed by atoms with Gasteiger partial charge in [-0.05, 0) is 30.2 Å². The molecule has 7 heteroatoms. The average molecular weight is 339 g/mol. The second-order valence-electron chi connectivity index (χ2n) is 5.23. The molecule has 2 rings (SSSR count). The molecule has 1 atom stereocenters. The van der Waals surface area contributed by atoms with Crippen molar-refractivity contribution >= 4 is 24.0 Å². The molecule has 2 aromatic carbocycles. The molecule has 2 aromatic rings. The largest absolute Gasteiger partial charge is 0.478 e. The van der Waals surface area contributed by atoms with Crippen LogP contribution in [0.25, 0.3) is 0 Å².